The maximum atomic E-state index is 2.73. The lowest BCUT2D eigenvalue weighted by Gasteiger charge is -2.36. The fourth-order valence-electron chi connectivity index (χ4n) is 11.5. The predicted molar refractivity (Wildman–Crippen MR) is 246 cm³/mol. The van der Waals surface area contributed by atoms with Crippen molar-refractivity contribution >= 4 is 72.2 Å². The molecule has 0 saturated heterocycles. The number of fused-ring (bicyclic) bond motifs is 15. The summed E-state index contributed by atoms with van der Waals surface area (Å²) in [5, 5.41) is 7.78. The van der Waals surface area contributed by atoms with E-state index in [2.05, 4.69) is 199 Å². The molecular weight excluding hydrogens is 699 g/mol. The molecule has 58 heavy (non-hydrogen) atoms. The molecule has 0 amide bonds. The van der Waals surface area contributed by atoms with Crippen LogP contribution < -0.4 is 10.9 Å². The van der Waals surface area contributed by atoms with Crippen LogP contribution in [0.2, 0.25) is 0 Å². The molecule has 3 heteroatoms. The van der Waals surface area contributed by atoms with Crippen molar-refractivity contribution in [3.8, 4) is 50.2 Å². The van der Waals surface area contributed by atoms with Gasteiger partial charge in [-0.2, -0.15) is 0 Å². The minimum atomic E-state index is -0.164. The Bertz CT molecular complexity index is 3640. The van der Waals surface area contributed by atoms with E-state index in [0.717, 1.165) is 0 Å². The van der Waals surface area contributed by atoms with Crippen molar-refractivity contribution in [2.75, 3.05) is 0 Å². The SMILES string of the molecule is CC1(C)c2ccccc2-c2c1cc1c3c2-c2cccc4c5cc6ccccc6cc5n(c24)B3c2cc(-c3ccccc3)cc3c4cc(-c5ccccc5)ccc4n-1c23. The van der Waals surface area contributed by atoms with E-state index in [1.807, 2.05) is 0 Å². The minimum Gasteiger partial charge on any atom is -0.375 e. The highest BCUT2D eigenvalue weighted by Gasteiger charge is 2.47. The van der Waals surface area contributed by atoms with Crippen molar-refractivity contribution in [2.45, 2.75) is 19.3 Å². The zero-order valence-electron chi connectivity index (χ0n) is 32.2. The molecule has 4 heterocycles. The highest BCUT2D eigenvalue weighted by molar-refractivity contribution is 6.90. The topological polar surface area (TPSA) is 9.86 Å². The highest BCUT2D eigenvalue weighted by atomic mass is 15.0. The molecule has 0 saturated carbocycles. The monoisotopic (exact) mass is 734 g/mol. The Morgan fingerprint density at radius 3 is 1.91 bits per heavy atom. The Labute approximate surface area is 336 Å². The number of aromatic nitrogens is 2. The van der Waals surface area contributed by atoms with Gasteiger partial charge in [0.15, 0.2) is 0 Å². The average Bonchev–Trinajstić information content (AvgIpc) is 3.86. The van der Waals surface area contributed by atoms with E-state index in [9.17, 15) is 0 Å². The van der Waals surface area contributed by atoms with E-state index >= 15 is 0 Å². The van der Waals surface area contributed by atoms with Gasteiger partial charge >= 0.3 is 6.85 Å². The second-order valence-corrected chi connectivity index (χ2v) is 17.2. The van der Waals surface area contributed by atoms with Crippen molar-refractivity contribution in [2.24, 2.45) is 0 Å². The van der Waals surface area contributed by atoms with Crippen molar-refractivity contribution in [1.29, 1.82) is 0 Å². The third kappa shape index (κ3) is 3.71. The maximum absolute atomic E-state index is 2.73. The van der Waals surface area contributed by atoms with Gasteiger partial charge in [-0.25, -0.2) is 0 Å². The van der Waals surface area contributed by atoms with Gasteiger partial charge < -0.3 is 9.05 Å². The van der Waals surface area contributed by atoms with Crippen LogP contribution in [0.4, 0.5) is 0 Å². The van der Waals surface area contributed by atoms with Gasteiger partial charge in [0.05, 0.1) is 11.0 Å². The molecular formula is C55H35BN2. The second kappa shape index (κ2) is 10.6. The quantitative estimate of drug-likeness (QED) is 0.157. The largest absolute Gasteiger partial charge is 0.375 e. The number of hydrogen-bond acceptors (Lipinski definition) is 0. The molecule has 3 aliphatic rings. The Balaban J connectivity index is 1.23. The lowest BCUT2D eigenvalue weighted by Crippen LogP contribution is -2.55. The molecule has 0 N–H and O–H groups in total. The van der Waals surface area contributed by atoms with Gasteiger partial charge in [0, 0.05) is 49.2 Å². The molecule has 11 aromatic rings. The summed E-state index contributed by atoms with van der Waals surface area (Å²) in [4.78, 5) is 0. The molecule has 2 aromatic heterocycles. The van der Waals surface area contributed by atoms with Crippen LogP contribution in [0.15, 0.2) is 176 Å². The van der Waals surface area contributed by atoms with Crippen LogP contribution >= 0.6 is 0 Å². The van der Waals surface area contributed by atoms with E-state index in [1.165, 1.54) is 127 Å². The van der Waals surface area contributed by atoms with Gasteiger partial charge in [-0.3, -0.25) is 0 Å². The van der Waals surface area contributed by atoms with E-state index in [4.69, 9.17) is 0 Å². The summed E-state index contributed by atoms with van der Waals surface area (Å²) in [7, 11) is 0. The Kier molecular flexibility index (Phi) is 5.70. The fourth-order valence-corrected chi connectivity index (χ4v) is 11.5. The van der Waals surface area contributed by atoms with Crippen LogP contribution in [0, 0.1) is 0 Å². The average molecular weight is 735 g/mol. The molecule has 268 valence electrons. The molecule has 0 fully saturated rings. The maximum Gasteiger partial charge on any atom is 0.333 e. The lowest BCUT2D eigenvalue weighted by molar-refractivity contribution is 0.660. The standard InChI is InChI=1S/C55H35BN2/c1-55(2)44-23-12-11-20-39(44)50-45(55)31-49-52-51(50)40-22-13-21-38-41-26-34-18-9-10-19-35(34)30-48(41)58(53(38)40)56(52)46-29-37(33-16-7-4-8-17-33)28-43-42-27-36(32-14-5-3-6-15-32)24-25-47(42)57(49)54(43)46/h3-31H,1-2H3. The molecule has 2 aliphatic heterocycles. The first-order valence-electron chi connectivity index (χ1n) is 20.5. The summed E-state index contributed by atoms with van der Waals surface area (Å²) in [6, 6.07) is 66.6. The van der Waals surface area contributed by atoms with Crippen molar-refractivity contribution < 1.29 is 0 Å². The zero-order valence-corrected chi connectivity index (χ0v) is 32.2. The van der Waals surface area contributed by atoms with E-state index in [0.29, 0.717) is 0 Å². The predicted octanol–water partition coefficient (Wildman–Crippen LogP) is 12.6. The van der Waals surface area contributed by atoms with Crippen molar-refractivity contribution in [1.82, 2.24) is 9.05 Å². The van der Waals surface area contributed by atoms with Gasteiger partial charge in [-0.1, -0.05) is 153 Å². The molecule has 2 nitrogen and oxygen atoms in total. The first-order chi connectivity index (χ1) is 28.5. The van der Waals surface area contributed by atoms with E-state index in [-0.39, 0.29) is 12.3 Å². The summed E-state index contributed by atoms with van der Waals surface area (Å²) in [6.07, 6.45) is 0. The van der Waals surface area contributed by atoms with Gasteiger partial charge in [0.25, 0.3) is 0 Å². The Morgan fingerprint density at radius 2 is 1.10 bits per heavy atom. The third-order valence-electron chi connectivity index (χ3n) is 14.0. The number of para-hydroxylation sites is 1. The third-order valence-corrected chi connectivity index (χ3v) is 14.0. The normalized spacial score (nSPS) is 14.1. The van der Waals surface area contributed by atoms with Crippen LogP contribution in [0.5, 0.6) is 0 Å². The number of hydrogen-bond donors (Lipinski definition) is 0. The van der Waals surface area contributed by atoms with Crippen LogP contribution in [0.3, 0.4) is 0 Å². The Hall–Kier alpha value is -7.10. The van der Waals surface area contributed by atoms with Crippen LogP contribution in [-0.4, -0.2) is 15.9 Å². The molecule has 14 rings (SSSR count). The van der Waals surface area contributed by atoms with Crippen LogP contribution in [0.25, 0.3) is 105 Å². The summed E-state index contributed by atoms with van der Waals surface area (Å²) in [6.45, 7) is 4.82. The second-order valence-electron chi connectivity index (χ2n) is 17.2. The number of rotatable bonds is 2. The summed E-state index contributed by atoms with van der Waals surface area (Å²) in [5.74, 6) is 0. The van der Waals surface area contributed by atoms with Gasteiger partial charge in [0.1, 0.15) is 0 Å². The van der Waals surface area contributed by atoms with Crippen molar-refractivity contribution in [3.05, 3.63) is 187 Å². The first kappa shape index (κ1) is 31.0. The van der Waals surface area contributed by atoms with Crippen molar-refractivity contribution in [3.63, 3.8) is 0 Å². The summed E-state index contributed by atoms with van der Waals surface area (Å²) >= 11 is 0. The number of nitrogens with zero attached hydrogens (tertiary/aromatic N) is 2. The first-order valence-corrected chi connectivity index (χ1v) is 20.5. The van der Waals surface area contributed by atoms with E-state index in [1.54, 1.807) is 0 Å². The minimum absolute atomic E-state index is 0.0428. The van der Waals surface area contributed by atoms with Crippen LogP contribution in [0.1, 0.15) is 25.0 Å². The smallest absolute Gasteiger partial charge is 0.333 e. The lowest BCUT2D eigenvalue weighted by atomic mass is 9.45. The highest BCUT2D eigenvalue weighted by Crippen LogP contribution is 2.55. The van der Waals surface area contributed by atoms with Gasteiger partial charge in [0.2, 0.25) is 0 Å². The molecule has 0 radical (unpaired) electrons. The Morgan fingerprint density at radius 1 is 0.431 bits per heavy atom. The summed E-state index contributed by atoms with van der Waals surface area (Å²) < 4.78 is 5.38. The summed E-state index contributed by atoms with van der Waals surface area (Å²) in [5.41, 5.74) is 22.4. The molecule has 0 bridgehead atoms. The van der Waals surface area contributed by atoms with Gasteiger partial charge in [-0.05, 0) is 108 Å². The molecule has 0 spiro atoms. The van der Waals surface area contributed by atoms with E-state index < -0.39 is 0 Å². The number of benzene rings is 9. The van der Waals surface area contributed by atoms with Gasteiger partial charge in [-0.15, -0.1) is 0 Å². The molecule has 1 aliphatic carbocycles. The van der Waals surface area contributed by atoms with Crippen LogP contribution in [-0.2, 0) is 5.41 Å². The molecule has 9 aromatic carbocycles. The fraction of sp³-hybridized carbons (Fsp3) is 0.0545. The molecule has 0 unspecified atom stereocenters. The molecule has 0 atom stereocenters. The zero-order chi connectivity index (χ0) is 38.0.